The van der Waals surface area contributed by atoms with Crippen LogP contribution in [0.1, 0.15) is 33.1 Å². The smallest absolute Gasteiger partial charge is 0.240 e. The zero-order valence-electron chi connectivity index (χ0n) is 8.68. The Kier molecular flexibility index (Phi) is 7.20. The first-order valence-corrected chi connectivity index (χ1v) is 4.61. The Morgan fingerprint density at radius 2 is 2.00 bits per heavy atom. The lowest BCUT2D eigenvalue weighted by Crippen LogP contribution is -2.18. The number of hydrazone groups is 1. The molecule has 0 unspecified atom stereocenters. The SMILES string of the molecule is CNCCCCC(=O)NN=C(C)C. The van der Waals surface area contributed by atoms with Crippen molar-refractivity contribution in [1.29, 1.82) is 0 Å². The van der Waals surface area contributed by atoms with Gasteiger partial charge in [0.05, 0.1) is 0 Å². The summed E-state index contributed by atoms with van der Waals surface area (Å²) in [7, 11) is 1.91. The fourth-order valence-corrected chi connectivity index (χ4v) is 0.817. The largest absolute Gasteiger partial charge is 0.320 e. The molecule has 13 heavy (non-hydrogen) atoms. The maximum Gasteiger partial charge on any atom is 0.240 e. The predicted octanol–water partition coefficient (Wildman–Crippen LogP) is 0.888. The predicted molar refractivity (Wildman–Crippen MR) is 54.7 cm³/mol. The first-order chi connectivity index (χ1) is 6.16. The molecule has 4 heteroatoms. The molecule has 0 aromatic heterocycles. The van der Waals surface area contributed by atoms with Crippen LogP contribution >= 0.6 is 0 Å². The second-order valence-corrected chi connectivity index (χ2v) is 3.15. The second-order valence-electron chi connectivity index (χ2n) is 3.15. The van der Waals surface area contributed by atoms with E-state index in [2.05, 4.69) is 15.8 Å². The zero-order valence-corrected chi connectivity index (χ0v) is 8.68. The van der Waals surface area contributed by atoms with E-state index in [1.807, 2.05) is 20.9 Å². The number of nitrogens with one attached hydrogen (secondary N) is 2. The van der Waals surface area contributed by atoms with Crippen molar-refractivity contribution >= 4 is 11.6 Å². The van der Waals surface area contributed by atoms with Crippen LogP contribution in [0.2, 0.25) is 0 Å². The highest BCUT2D eigenvalue weighted by atomic mass is 16.2. The van der Waals surface area contributed by atoms with Crippen molar-refractivity contribution in [3.05, 3.63) is 0 Å². The Morgan fingerprint density at radius 3 is 2.54 bits per heavy atom. The van der Waals surface area contributed by atoms with Gasteiger partial charge in [-0.1, -0.05) is 0 Å². The third kappa shape index (κ3) is 9.01. The maximum atomic E-state index is 11.1. The monoisotopic (exact) mass is 185 g/mol. The molecular weight excluding hydrogens is 166 g/mol. The van der Waals surface area contributed by atoms with Crippen molar-refractivity contribution in [1.82, 2.24) is 10.7 Å². The van der Waals surface area contributed by atoms with Gasteiger partial charge in [-0.3, -0.25) is 4.79 Å². The molecule has 0 saturated carbocycles. The second kappa shape index (κ2) is 7.73. The van der Waals surface area contributed by atoms with Crippen molar-refractivity contribution in [2.24, 2.45) is 5.10 Å². The molecule has 0 atom stereocenters. The molecule has 0 aliphatic rings. The Hall–Kier alpha value is -0.900. The third-order valence-electron chi connectivity index (χ3n) is 1.48. The van der Waals surface area contributed by atoms with Gasteiger partial charge in [-0.2, -0.15) is 5.10 Å². The van der Waals surface area contributed by atoms with Crippen molar-refractivity contribution in [2.75, 3.05) is 13.6 Å². The highest BCUT2D eigenvalue weighted by molar-refractivity contribution is 5.82. The van der Waals surface area contributed by atoms with Gasteiger partial charge in [-0.05, 0) is 40.3 Å². The first-order valence-electron chi connectivity index (χ1n) is 4.61. The number of carbonyl (C=O) groups excluding carboxylic acids is 1. The van der Waals surface area contributed by atoms with Crippen LogP contribution in [0.4, 0.5) is 0 Å². The van der Waals surface area contributed by atoms with Crippen LogP contribution in [0, 0.1) is 0 Å². The quantitative estimate of drug-likeness (QED) is 0.367. The molecule has 0 aromatic rings. The Labute approximate surface area is 79.8 Å². The molecule has 76 valence electrons. The summed E-state index contributed by atoms with van der Waals surface area (Å²) in [5.41, 5.74) is 3.35. The lowest BCUT2D eigenvalue weighted by molar-refractivity contribution is -0.121. The molecule has 2 N–H and O–H groups in total. The molecule has 0 fully saturated rings. The van der Waals surface area contributed by atoms with E-state index < -0.39 is 0 Å². The van der Waals surface area contributed by atoms with Crippen molar-refractivity contribution in [2.45, 2.75) is 33.1 Å². The van der Waals surface area contributed by atoms with Crippen LogP contribution in [-0.2, 0) is 4.79 Å². The van der Waals surface area contributed by atoms with Crippen molar-refractivity contribution in [3.63, 3.8) is 0 Å². The van der Waals surface area contributed by atoms with Crippen LogP contribution in [0.25, 0.3) is 0 Å². The average molecular weight is 185 g/mol. The number of rotatable bonds is 6. The third-order valence-corrected chi connectivity index (χ3v) is 1.48. The Balaban J connectivity index is 3.36. The molecule has 0 spiro atoms. The van der Waals surface area contributed by atoms with Gasteiger partial charge < -0.3 is 5.32 Å². The summed E-state index contributed by atoms with van der Waals surface area (Å²) in [6.45, 7) is 4.66. The highest BCUT2D eigenvalue weighted by Gasteiger charge is 1.98. The van der Waals surface area contributed by atoms with Crippen LogP contribution in [0.5, 0.6) is 0 Å². The van der Waals surface area contributed by atoms with Crippen LogP contribution < -0.4 is 10.7 Å². The molecule has 0 rings (SSSR count). The summed E-state index contributed by atoms with van der Waals surface area (Å²) in [6, 6.07) is 0. The molecule has 4 nitrogen and oxygen atoms in total. The van der Waals surface area contributed by atoms with E-state index in [9.17, 15) is 4.79 Å². The molecule has 0 saturated heterocycles. The van der Waals surface area contributed by atoms with Gasteiger partial charge in [-0.25, -0.2) is 5.43 Å². The van der Waals surface area contributed by atoms with E-state index in [-0.39, 0.29) is 5.91 Å². The molecule has 0 radical (unpaired) electrons. The van der Waals surface area contributed by atoms with Gasteiger partial charge in [0, 0.05) is 12.1 Å². The molecular formula is C9H19N3O. The Bertz CT molecular complexity index is 174. The van der Waals surface area contributed by atoms with E-state index >= 15 is 0 Å². The van der Waals surface area contributed by atoms with E-state index in [0.29, 0.717) is 6.42 Å². The maximum absolute atomic E-state index is 11.1. The summed E-state index contributed by atoms with van der Waals surface area (Å²) in [4.78, 5) is 11.1. The van der Waals surface area contributed by atoms with Gasteiger partial charge in [0.25, 0.3) is 0 Å². The lowest BCUT2D eigenvalue weighted by Gasteiger charge is -2.00. The van der Waals surface area contributed by atoms with E-state index in [0.717, 1.165) is 25.1 Å². The number of hydrogen-bond acceptors (Lipinski definition) is 3. The fourth-order valence-electron chi connectivity index (χ4n) is 0.817. The summed E-state index contributed by atoms with van der Waals surface area (Å²) in [5.74, 6) is -0.00250. The average Bonchev–Trinajstić information content (AvgIpc) is 2.09. The summed E-state index contributed by atoms with van der Waals surface area (Å²) in [5, 5.41) is 6.86. The zero-order chi connectivity index (χ0) is 10.1. The molecule has 0 aromatic carbocycles. The minimum Gasteiger partial charge on any atom is -0.320 e. The minimum absolute atomic E-state index is 0.00250. The van der Waals surface area contributed by atoms with Crippen LogP contribution in [0.15, 0.2) is 5.10 Å². The van der Waals surface area contributed by atoms with Gasteiger partial charge >= 0.3 is 0 Å². The lowest BCUT2D eigenvalue weighted by atomic mass is 10.2. The van der Waals surface area contributed by atoms with Crippen LogP contribution in [0.3, 0.4) is 0 Å². The fraction of sp³-hybridized carbons (Fsp3) is 0.778. The number of unbranched alkanes of at least 4 members (excludes halogenated alkanes) is 1. The topological polar surface area (TPSA) is 53.5 Å². The van der Waals surface area contributed by atoms with Gasteiger partial charge in [0.2, 0.25) is 5.91 Å². The number of nitrogens with zero attached hydrogens (tertiary/aromatic N) is 1. The number of hydrogen-bond donors (Lipinski definition) is 2. The van der Waals surface area contributed by atoms with E-state index in [4.69, 9.17) is 0 Å². The molecule has 1 amide bonds. The Morgan fingerprint density at radius 1 is 1.31 bits per heavy atom. The first kappa shape index (κ1) is 12.1. The molecule has 0 bridgehead atoms. The normalized spacial score (nSPS) is 9.46. The standard InChI is InChI=1S/C9H19N3O/c1-8(2)11-12-9(13)6-4-5-7-10-3/h10H,4-7H2,1-3H3,(H,12,13). The summed E-state index contributed by atoms with van der Waals surface area (Å²) in [6.07, 6.45) is 2.49. The van der Waals surface area contributed by atoms with Crippen LogP contribution in [-0.4, -0.2) is 25.2 Å². The molecule has 0 aliphatic heterocycles. The molecule has 0 aliphatic carbocycles. The van der Waals surface area contributed by atoms with Crippen molar-refractivity contribution in [3.8, 4) is 0 Å². The number of carbonyl (C=O) groups is 1. The van der Waals surface area contributed by atoms with E-state index in [1.54, 1.807) is 0 Å². The number of amides is 1. The molecule has 0 heterocycles. The highest BCUT2D eigenvalue weighted by Crippen LogP contribution is 1.93. The van der Waals surface area contributed by atoms with Gasteiger partial charge in [0.15, 0.2) is 0 Å². The summed E-state index contributed by atoms with van der Waals surface area (Å²) >= 11 is 0. The van der Waals surface area contributed by atoms with Crippen molar-refractivity contribution < 1.29 is 4.79 Å². The minimum atomic E-state index is -0.00250. The van der Waals surface area contributed by atoms with E-state index in [1.165, 1.54) is 0 Å². The summed E-state index contributed by atoms with van der Waals surface area (Å²) < 4.78 is 0. The van der Waals surface area contributed by atoms with Gasteiger partial charge in [0.1, 0.15) is 0 Å². The van der Waals surface area contributed by atoms with Gasteiger partial charge in [-0.15, -0.1) is 0 Å².